The number of rotatable bonds is 5. The van der Waals surface area contributed by atoms with Gasteiger partial charge in [-0.25, -0.2) is 21.2 Å². The van der Waals surface area contributed by atoms with Crippen LogP contribution in [0.4, 0.5) is 4.39 Å². The summed E-state index contributed by atoms with van der Waals surface area (Å²) in [6.07, 6.45) is 0. The molecule has 156 valence electrons. The SMILES string of the molecule is O=S(=O)(c1ccc(F)cc1)C1CN(S(=O)(=O)c2ccc(-c3ccc(Cl)cc3)cc2)C1. The maximum absolute atomic E-state index is 13.0. The number of nitrogens with zero attached hydrogens (tertiary/aromatic N) is 1. The van der Waals surface area contributed by atoms with E-state index in [1.165, 1.54) is 24.3 Å². The van der Waals surface area contributed by atoms with Crippen LogP contribution in [0.15, 0.2) is 82.6 Å². The van der Waals surface area contributed by atoms with Crippen molar-refractivity contribution in [2.45, 2.75) is 15.0 Å². The van der Waals surface area contributed by atoms with Crippen molar-refractivity contribution in [3.63, 3.8) is 0 Å². The van der Waals surface area contributed by atoms with Crippen LogP contribution in [0, 0.1) is 5.82 Å². The molecule has 0 saturated carbocycles. The van der Waals surface area contributed by atoms with Crippen molar-refractivity contribution in [3.05, 3.63) is 83.6 Å². The Balaban J connectivity index is 1.49. The molecule has 1 heterocycles. The molecule has 5 nitrogen and oxygen atoms in total. The van der Waals surface area contributed by atoms with Crippen molar-refractivity contribution in [3.8, 4) is 11.1 Å². The second kappa shape index (κ2) is 7.77. The summed E-state index contributed by atoms with van der Waals surface area (Å²) in [5.41, 5.74) is 1.74. The van der Waals surface area contributed by atoms with Crippen LogP contribution in [-0.2, 0) is 19.9 Å². The molecule has 0 unspecified atom stereocenters. The summed E-state index contributed by atoms with van der Waals surface area (Å²) in [6, 6.07) is 18.1. The number of sulfone groups is 1. The van der Waals surface area contributed by atoms with Gasteiger partial charge in [0.25, 0.3) is 0 Å². The lowest BCUT2D eigenvalue weighted by molar-refractivity contribution is 0.309. The Morgan fingerprint density at radius 2 is 1.20 bits per heavy atom. The van der Waals surface area contributed by atoms with Crippen molar-refractivity contribution in [2.24, 2.45) is 0 Å². The highest BCUT2D eigenvalue weighted by Gasteiger charge is 2.44. The van der Waals surface area contributed by atoms with Gasteiger partial charge in [0.1, 0.15) is 5.82 Å². The Morgan fingerprint density at radius 1 is 0.733 bits per heavy atom. The number of sulfonamides is 1. The molecule has 0 radical (unpaired) electrons. The lowest BCUT2D eigenvalue weighted by Gasteiger charge is -2.37. The minimum absolute atomic E-state index is 0.0155. The van der Waals surface area contributed by atoms with Crippen LogP contribution in [0.25, 0.3) is 11.1 Å². The molecule has 0 bridgehead atoms. The molecule has 0 amide bonds. The summed E-state index contributed by atoms with van der Waals surface area (Å²) in [5, 5.41) is -0.244. The Kier molecular flexibility index (Phi) is 5.44. The standard InChI is InChI=1S/C21H17ClFNO4S2/c22-17-5-1-15(2-6-17)16-3-9-20(10-4-16)30(27,28)24-13-21(14-24)29(25,26)19-11-7-18(23)8-12-19/h1-12,21H,13-14H2. The molecule has 3 aromatic rings. The fourth-order valence-electron chi connectivity index (χ4n) is 3.22. The molecule has 1 fully saturated rings. The molecule has 0 aliphatic carbocycles. The molecule has 4 rings (SSSR count). The van der Waals surface area contributed by atoms with E-state index in [0.717, 1.165) is 27.6 Å². The van der Waals surface area contributed by atoms with Crippen LogP contribution < -0.4 is 0 Å². The summed E-state index contributed by atoms with van der Waals surface area (Å²) in [6.45, 7) is -0.276. The second-order valence-corrected chi connectivity index (χ2v) is 11.6. The Morgan fingerprint density at radius 3 is 1.73 bits per heavy atom. The zero-order valence-corrected chi connectivity index (χ0v) is 18.0. The van der Waals surface area contributed by atoms with E-state index in [9.17, 15) is 21.2 Å². The third kappa shape index (κ3) is 3.88. The van der Waals surface area contributed by atoms with E-state index in [0.29, 0.717) is 5.02 Å². The molecule has 9 heteroatoms. The van der Waals surface area contributed by atoms with Gasteiger partial charge in [0, 0.05) is 18.1 Å². The Labute approximate surface area is 179 Å². The fourth-order valence-corrected chi connectivity index (χ4v) is 6.72. The summed E-state index contributed by atoms with van der Waals surface area (Å²) < 4.78 is 65.0. The van der Waals surface area contributed by atoms with Crippen LogP contribution in [0.5, 0.6) is 0 Å². The van der Waals surface area contributed by atoms with E-state index in [2.05, 4.69) is 0 Å². The molecule has 1 aliphatic rings. The number of halogens is 2. The molecule has 0 aromatic heterocycles. The van der Waals surface area contributed by atoms with Gasteiger partial charge in [0.15, 0.2) is 9.84 Å². The van der Waals surface area contributed by atoms with E-state index >= 15 is 0 Å². The molecule has 0 spiro atoms. The number of benzene rings is 3. The van der Waals surface area contributed by atoms with E-state index in [1.807, 2.05) is 12.1 Å². The van der Waals surface area contributed by atoms with Gasteiger partial charge in [-0.3, -0.25) is 0 Å². The van der Waals surface area contributed by atoms with Gasteiger partial charge >= 0.3 is 0 Å². The predicted octanol–water partition coefficient (Wildman–Crippen LogP) is 3.99. The third-order valence-corrected chi connectivity index (χ3v) is 9.27. The molecule has 1 saturated heterocycles. The maximum Gasteiger partial charge on any atom is 0.243 e. The van der Waals surface area contributed by atoms with Gasteiger partial charge in [0.2, 0.25) is 10.0 Å². The fraction of sp³-hybridized carbons (Fsp3) is 0.143. The first kappa shape index (κ1) is 21.0. The summed E-state index contributed by atoms with van der Waals surface area (Å²) >= 11 is 5.89. The summed E-state index contributed by atoms with van der Waals surface area (Å²) in [4.78, 5) is 0.0797. The van der Waals surface area contributed by atoms with Crippen LogP contribution in [0.3, 0.4) is 0 Å². The van der Waals surface area contributed by atoms with Crippen LogP contribution in [0.1, 0.15) is 0 Å². The first-order valence-electron chi connectivity index (χ1n) is 9.03. The normalized spacial score (nSPS) is 15.7. The van der Waals surface area contributed by atoms with Gasteiger partial charge in [-0.15, -0.1) is 0 Å². The van der Waals surface area contributed by atoms with Gasteiger partial charge in [-0.1, -0.05) is 35.9 Å². The van der Waals surface area contributed by atoms with Crippen molar-refractivity contribution in [2.75, 3.05) is 13.1 Å². The van der Waals surface area contributed by atoms with E-state index in [1.54, 1.807) is 24.3 Å². The minimum Gasteiger partial charge on any atom is -0.223 e. The maximum atomic E-state index is 13.0. The van der Waals surface area contributed by atoms with E-state index in [4.69, 9.17) is 11.6 Å². The van der Waals surface area contributed by atoms with Gasteiger partial charge < -0.3 is 0 Å². The van der Waals surface area contributed by atoms with Crippen LogP contribution in [0.2, 0.25) is 5.02 Å². The molecular formula is C21H17ClFNO4S2. The van der Waals surface area contributed by atoms with Crippen LogP contribution >= 0.6 is 11.6 Å². The molecule has 1 aliphatic heterocycles. The summed E-state index contributed by atoms with van der Waals surface area (Å²) in [5.74, 6) is -0.534. The molecule has 0 atom stereocenters. The first-order valence-corrected chi connectivity index (χ1v) is 12.4. The zero-order valence-electron chi connectivity index (χ0n) is 15.6. The molecular weight excluding hydrogens is 449 g/mol. The highest BCUT2D eigenvalue weighted by Crippen LogP contribution is 2.30. The second-order valence-electron chi connectivity index (χ2n) is 6.97. The third-order valence-electron chi connectivity index (χ3n) is 5.07. The first-order chi connectivity index (χ1) is 14.2. The highest BCUT2D eigenvalue weighted by atomic mass is 35.5. The molecule has 3 aromatic carbocycles. The Bertz CT molecular complexity index is 1270. The monoisotopic (exact) mass is 465 g/mol. The largest absolute Gasteiger partial charge is 0.243 e. The lowest BCUT2D eigenvalue weighted by Crippen LogP contribution is -2.56. The Hall–Kier alpha value is -2.26. The van der Waals surface area contributed by atoms with Gasteiger partial charge in [-0.2, -0.15) is 4.31 Å². The van der Waals surface area contributed by atoms with Crippen molar-refractivity contribution >= 4 is 31.5 Å². The average Bonchev–Trinajstić information content (AvgIpc) is 2.67. The molecule has 30 heavy (non-hydrogen) atoms. The zero-order chi connectivity index (χ0) is 21.5. The van der Waals surface area contributed by atoms with Gasteiger partial charge in [-0.05, 0) is 59.7 Å². The predicted molar refractivity (Wildman–Crippen MR) is 113 cm³/mol. The quantitative estimate of drug-likeness (QED) is 0.534. The van der Waals surface area contributed by atoms with Crippen LogP contribution in [-0.4, -0.2) is 39.5 Å². The highest BCUT2D eigenvalue weighted by molar-refractivity contribution is 7.92. The minimum atomic E-state index is -3.80. The van der Waals surface area contributed by atoms with Crippen molar-refractivity contribution in [1.82, 2.24) is 4.31 Å². The molecule has 0 N–H and O–H groups in total. The van der Waals surface area contributed by atoms with Gasteiger partial charge in [0.05, 0.1) is 15.0 Å². The summed E-state index contributed by atoms with van der Waals surface area (Å²) in [7, 11) is -7.53. The number of hydrogen-bond donors (Lipinski definition) is 0. The smallest absolute Gasteiger partial charge is 0.223 e. The van der Waals surface area contributed by atoms with E-state index in [-0.39, 0.29) is 22.9 Å². The van der Waals surface area contributed by atoms with Crippen molar-refractivity contribution in [1.29, 1.82) is 0 Å². The average molecular weight is 466 g/mol. The van der Waals surface area contributed by atoms with E-state index < -0.39 is 30.9 Å². The van der Waals surface area contributed by atoms with Crippen molar-refractivity contribution < 1.29 is 21.2 Å². The number of hydrogen-bond acceptors (Lipinski definition) is 4. The lowest BCUT2D eigenvalue weighted by atomic mass is 10.1. The topological polar surface area (TPSA) is 71.5 Å².